The standard InChI is InChI=1S/C20H23NO6S/c1-13(22)9-16-15-7-5-6-8-19(15)28(23,24)21(16)12-14-10-17(25-2)20(27-4)18(11-14)26-3/h5-8,10-11,16H,9,12H2,1-4H3/t16-/m0/s1. The molecule has 0 amide bonds. The Morgan fingerprint density at radius 1 is 1.04 bits per heavy atom. The first kappa shape index (κ1) is 20.2. The number of ether oxygens (including phenoxy) is 3. The third-order valence-corrected chi connectivity index (χ3v) is 6.68. The van der Waals surface area contributed by atoms with E-state index >= 15 is 0 Å². The summed E-state index contributed by atoms with van der Waals surface area (Å²) < 4.78 is 43.7. The second-order valence-electron chi connectivity index (χ2n) is 6.54. The molecule has 150 valence electrons. The maximum atomic E-state index is 13.1. The number of benzene rings is 2. The van der Waals surface area contributed by atoms with Gasteiger partial charge in [0.05, 0.1) is 32.3 Å². The molecule has 1 atom stereocenters. The summed E-state index contributed by atoms with van der Waals surface area (Å²) in [6.07, 6.45) is 0.112. The van der Waals surface area contributed by atoms with Crippen molar-refractivity contribution in [2.75, 3.05) is 21.3 Å². The van der Waals surface area contributed by atoms with Crippen LogP contribution >= 0.6 is 0 Å². The predicted molar refractivity (Wildman–Crippen MR) is 103 cm³/mol. The zero-order chi connectivity index (χ0) is 20.5. The second-order valence-corrected chi connectivity index (χ2v) is 8.40. The van der Waals surface area contributed by atoms with E-state index in [-0.39, 0.29) is 23.6 Å². The Morgan fingerprint density at radius 3 is 2.18 bits per heavy atom. The number of nitrogens with zero attached hydrogens (tertiary/aromatic N) is 1. The second kappa shape index (κ2) is 7.81. The van der Waals surface area contributed by atoms with E-state index in [2.05, 4.69) is 0 Å². The zero-order valence-corrected chi connectivity index (χ0v) is 17.1. The number of methoxy groups -OCH3 is 3. The molecular weight excluding hydrogens is 382 g/mol. The summed E-state index contributed by atoms with van der Waals surface area (Å²) in [7, 11) is 0.783. The third-order valence-electron chi connectivity index (χ3n) is 4.76. The van der Waals surface area contributed by atoms with Gasteiger partial charge >= 0.3 is 0 Å². The van der Waals surface area contributed by atoms with Crippen molar-refractivity contribution >= 4 is 15.8 Å². The molecule has 0 bridgehead atoms. The van der Waals surface area contributed by atoms with Gasteiger partial charge in [0, 0.05) is 13.0 Å². The molecule has 1 heterocycles. The average molecular weight is 405 g/mol. The Hall–Kier alpha value is -2.58. The smallest absolute Gasteiger partial charge is 0.244 e. The number of sulfonamides is 1. The topological polar surface area (TPSA) is 82.1 Å². The summed E-state index contributed by atoms with van der Waals surface area (Å²) in [4.78, 5) is 12.1. The summed E-state index contributed by atoms with van der Waals surface area (Å²) in [6.45, 7) is 1.54. The number of ketones is 1. The van der Waals surface area contributed by atoms with Crippen LogP contribution in [0.4, 0.5) is 0 Å². The summed E-state index contributed by atoms with van der Waals surface area (Å²) in [6, 6.07) is 9.69. The first-order valence-corrected chi connectivity index (χ1v) is 10.2. The van der Waals surface area contributed by atoms with Crippen LogP contribution in [0.25, 0.3) is 0 Å². The molecule has 0 radical (unpaired) electrons. The molecule has 0 aliphatic carbocycles. The van der Waals surface area contributed by atoms with Gasteiger partial charge < -0.3 is 14.2 Å². The number of fused-ring (bicyclic) bond motifs is 1. The number of rotatable bonds is 7. The summed E-state index contributed by atoms with van der Waals surface area (Å²) in [5.41, 5.74) is 1.31. The van der Waals surface area contributed by atoms with Gasteiger partial charge in [-0.1, -0.05) is 18.2 Å². The minimum atomic E-state index is -3.73. The summed E-state index contributed by atoms with van der Waals surface area (Å²) in [5, 5.41) is 0. The maximum Gasteiger partial charge on any atom is 0.244 e. The Bertz CT molecular complexity index is 977. The monoisotopic (exact) mass is 405 g/mol. The SMILES string of the molecule is COc1cc(CN2[C@@H](CC(C)=O)c3ccccc3S2(=O)=O)cc(OC)c1OC. The molecule has 0 unspecified atom stereocenters. The molecule has 0 N–H and O–H groups in total. The predicted octanol–water partition coefficient (Wildman–Crippen LogP) is 2.94. The highest BCUT2D eigenvalue weighted by atomic mass is 32.2. The number of Topliss-reactive ketones (excluding diaryl/α,β-unsaturated/α-hetero) is 1. The quantitative estimate of drug-likeness (QED) is 0.704. The van der Waals surface area contributed by atoms with Gasteiger partial charge in [-0.3, -0.25) is 4.79 Å². The molecule has 3 rings (SSSR count). The van der Waals surface area contributed by atoms with Crippen LogP contribution in [0.3, 0.4) is 0 Å². The molecule has 7 nitrogen and oxygen atoms in total. The molecule has 0 aromatic heterocycles. The highest BCUT2D eigenvalue weighted by molar-refractivity contribution is 7.89. The number of hydrogen-bond donors (Lipinski definition) is 0. The van der Waals surface area contributed by atoms with Crippen LogP contribution in [0.1, 0.15) is 30.5 Å². The highest BCUT2D eigenvalue weighted by Gasteiger charge is 2.42. The fraction of sp³-hybridized carbons (Fsp3) is 0.350. The van der Waals surface area contributed by atoms with Crippen molar-refractivity contribution in [1.29, 1.82) is 0 Å². The van der Waals surface area contributed by atoms with Crippen molar-refractivity contribution in [2.24, 2.45) is 0 Å². The fourth-order valence-electron chi connectivity index (χ4n) is 3.53. The van der Waals surface area contributed by atoms with E-state index in [4.69, 9.17) is 14.2 Å². The van der Waals surface area contributed by atoms with Crippen LogP contribution in [0.2, 0.25) is 0 Å². The van der Waals surface area contributed by atoms with Crippen molar-refractivity contribution in [3.63, 3.8) is 0 Å². The molecule has 0 saturated heterocycles. The van der Waals surface area contributed by atoms with E-state index in [1.165, 1.54) is 32.6 Å². The molecule has 8 heteroatoms. The lowest BCUT2D eigenvalue weighted by molar-refractivity contribution is -0.117. The normalized spacial score (nSPS) is 17.8. The van der Waals surface area contributed by atoms with E-state index < -0.39 is 16.1 Å². The minimum Gasteiger partial charge on any atom is -0.493 e. The van der Waals surface area contributed by atoms with Crippen molar-refractivity contribution in [1.82, 2.24) is 4.31 Å². The molecule has 0 fully saturated rings. The van der Waals surface area contributed by atoms with Crippen LogP contribution in [-0.2, 0) is 21.4 Å². The lowest BCUT2D eigenvalue weighted by Gasteiger charge is -2.24. The van der Waals surface area contributed by atoms with Crippen LogP contribution in [0.5, 0.6) is 17.2 Å². The highest BCUT2D eigenvalue weighted by Crippen LogP contribution is 2.44. The lowest BCUT2D eigenvalue weighted by Crippen LogP contribution is -2.29. The van der Waals surface area contributed by atoms with Gasteiger partial charge in [0.1, 0.15) is 5.78 Å². The van der Waals surface area contributed by atoms with Gasteiger partial charge in [-0.05, 0) is 36.2 Å². The van der Waals surface area contributed by atoms with Gasteiger partial charge in [0.25, 0.3) is 0 Å². The molecule has 28 heavy (non-hydrogen) atoms. The number of carbonyl (C=O) groups excluding carboxylic acids is 1. The molecule has 0 spiro atoms. The summed E-state index contributed by atoms with van der Waals surface area (Å²) in [5.74, 6) is 1.23. The minimum absolute atomic E-state index is 0.0751. The van der Waals surface area contributed by atoms with Crippen molar-refractivity contribution in [3.8, 4) is 17.2 Å². The third kappa shape index (κ3) is 3.45. The first-order valence-electron chi connectivity index (χ1n) is 8.72. The Morgan fingerprint density at radius 2 is 1.64 bits per heavy atom. The number of hydrogen-bond acceptors (Lipinski definition) is 6. The van der Waals surface area contributed by atoms with Crippen LogP contribution < -0.4 is 14.2 Å². The van der Waals surface area contributed by atoms with E-state index in [0.29, 0.717) is 28.4 Å². The fourth-order valence-corrected chi connectivity index (χ4v) is 5.37. The molecule has 1 aliphatic rings. The molecular formula is C20H23NO6S. The molecule has 1 aliphatic heterocycles. The van der Waals surface area contributed by atoms with E-state index in [1.807, 2.05) is 0 Å². The Labute approximate surface area is 164 Å². The van der Waals surface area contributed by atoms with E-state index in [9.17, 15) is 13.2 Å². The van der Waals surface area contributed by atoms with Crippen LogP contribution in [0, 0.1) is 0 Å². The molecule has 2 aromatic rings. The van der Waals surface area contributed by atoms with E-state index in [1.54, 1.807) is 36.4 Å². The van der Waals surface area contributed by atoms with Crippen molar-refractivity contribution in [2.45, 2.75) is 30.8 Å². The Kier molecular flexibility index (Phi) is 5.62. The molecule has 2 aromatic carbocycles. The lowest BCUT2D eigenvalue weighted by atomic mass is 10.0. The van der Waals surface area contributed by atoms with Crippen molar-refractivity contribution in [3.05, 3.63) is 47.5 Å². The van der Waals surface area contributed by atoms with Gasteiger partial charge in [0.2, 0.25) is 15.8 Å². The van der Waals surface area contributed by atoms with Gasteiger partial charge in [0.15, 0.2) is 11.5 Å². The molecule has 0 saturated carbocycles. The van der Waals surface area contributed by atoms with Gasteiger partial charge in [-0.2, -0.15) is 4.31 Å². The Balaban J connectivity index is 2.07. The van der Waals surface area contributed by atoms with Crippen LogP contribution in [-0.4, -0.2) is 39.8 Å². The van der Waals surface area contributed by atoms with Gasteiger partial charge in [-0.15, -0.1) is 0 Å². The van der Waals surface area contributed by atoms with Crippen LogP contribution in [0.15, 0.2) is 41.3 Å². The van der Waals surface area contributed by atoms with E-state index in [0.717, 1.165) is 0 Å². The first-order chi connectivity index (χ1) is 13.3. The largest absolute Gasteiger partial charge is 0.493 e. The number of carbonyl (C=O) groups is 1. The maximum absolute atomic E-state index is 13.1. The summed E-state index contributed by atoms with van der Waals surface area (Å²) >= 11 is 0. The average Bonchev–Trinajstić information content (AvgIpc) is 2.88. The van der Waals surface area contributed by atoms with Crippen molar-refractivity contribution < 1.29 is 27.4 Å². The van der Waals surface area contributed by atoms with Gasteiger partial charge in [-0.25, -0.2) is 8.42 Å². The zero-order valence-electron chi connectivity index (χ0n) is 16.3.